The van der Waals surface area contributed by atoms with E-state index in [0.29, 0.717) is 6.54 Å². The summed E-state index contributed by atoms with van der Waals surface area (Å²) in [5.41, 5.74) is 2.62. The molecule has 4 nitrogen and oxygen atoms in total. The monoisotopic (exact) mass is 294 g/mol. The molecule has 0 spiro atoms. The maximum Gasteiger partial charge on any atom is 0.244 e. The first kappa shape index (κ1) is 15.5. The summed E-state index contributed by atoms with van der Waals surface area (Å²) in [5, 5.41) is 5.53. The molecule has 4 heteroatoms. The van der Waals surface area contributed by atoms with Gasteiger partial charge in [-0.1, -0.05) is 42.5 Å². The van der Waals surface area contributed by atoms with Crippen molar-refractivity contribution in [2.24, 2.45) is 0 Å². The van der Waals surface area contributed by atoms with Crippen molar-refractivity contribution in [1.82, 2.24) is 5.32 Å². The molecule has 2 rings (SSSR count). The molecular weight excluding hydrogens is 276 g/mol. The van der Waals surface area contributed by atoms with Crippen LogP contribution in [-0.2, 0) is 16.1 Å². The van der Waals surface area contributed by atoms with E-state index in [1.54, 1.807) is 6.08 Å². The lowest BCUT2D eigenvalue weighted by molar-refractivity contribution is -0.116. The third kappa shape index (κ3) is 5.25. The average Bonchev–Trinajstić information content (AvgIpc) is 2.52. The van der Waals surface area contributed by atoms with E-state index in [4.69, 9.17) is 0 Å². The molecule has 0 aliphatic rings. The number of rotatable bonds is 5. The lowest BCUT2D eigenvalue weighted by Gasteiger charge is -2.06. The van der Waals surface area contributed by atoms with Gasteiger partial charge in [0.05, 0.1) is 0 Å². The topological polar surface area (TPSA) is 58.2 Å². The van der Waals surface area contributed by atoms with E-state index in [0.717, 1.165) is 16.8 Å². The molecule has 0 bridgehead atoms. The Morgan fingerprint density at radius 2 is 1.82 bits per heavy atom. The second kappa shape index (κ2) is 7.78. The van der Waals surface area contributed by atoms with E-state index >= 15 is 0 Å². The van der Waals surface area contributed by atoms with Crippen LogP contribution < -0.4 is 10.6 Å². The molecule has 0 atom stereocenters. The van der Waals surface area contributed by atoms with Gasteiger partial charge in [0.1, 0.15) is 0 Å². The van der Waals surface area contributed by atoms with E-state index in [-0.39, 0.29) is 11.8 Å². The van der Waals surface area contributed by atoms with Gasteiger partial charge >= 0.3 is 0 Å². The highest BCUT2D eigenvalue weighted by Gasteiger charge is 2.00. The summed E-state index contributed by atoms with van der Waals surface area (Å²) >= 11 is 0. The Morgan fingerprint density at radius 3 is 2.55 bits per heavy atom. The van der Waals surface area contributed by atoms with Crippen LogP contribution in [-0.4, -0.2) is 11.8 Å². The van der Waals surface area contributed by atoms with E-state index in [2.05, 4.69) is 10.6 Å². The fraction of sp³-hybridized carbons (Fsp3) is 0.111. The molecule has 0 aromatic heterocycles. The van der Waals surface area contributed by atoms with Gasteiger partial charge in [-0.25, -0.2) is 0 Å². The minimum Gasteiger partial charge on any atom is -0.348 e. The summed E-state index contributed by atoms with van der Waals surface area (Å²) in [7, 11) is 0. The minimum atomic E-state index is -0.159. The van der Waals surface area contributed by atoms with Crippen molar-refractivity contribution in [3.63, 3.8) is 0 Å². The van der Waals surface area contributed by atoms with Crippen LogP contribution in [0.1, 0.15) is 18.1 Å². The molecule has 2 aromatic rings. The molecule has 2 amide bonds. The van der Waals surface area contributed by atoms with Crippen molar-refractivity contribution in [3.05, 3.63) is 71.8 Å². The highest BCUT2D eigenvalue weighted by atomic mass is 16.2. The second-order valence-electron chi connectivity index (χ2n) is 4.84. The lowest BCUT2D eigenvalue weighted by atomic mass is 10.2. The van der Waals surface area contributed by atoms with Crippen molar-refractivity contribution in [3.8, 4) is 0 Å². The Bertz CT molecular complexity index is 678. The fourth-order valence-electron chi connectivity index (χ4n) is 1.95. The van der Waals surface area contributed by atoms with Gasteiger partial charge in [-0.05, 0) is 29.3 Å². The Kier molecular flexibility index (Phi) is 5.49. The van der Waals surface area contributed by atoms with Gasteiger partial charge in [0, 0.05) is 25.2 Å². The summed E-state index contributed by atoms with van der Waals surface area (Å²) in [6.07, 6.45) is 3.27. The van der Waals surface area contributed by atoms with Crippen molar-refractivity contribution >= 4 is 23.6 Å². The molecule has 0 aliphatic heterocycles. The Labute approximate surface area is 129 Å². The fourth-order valence-corrected chi connectivity index (χ4v) is 1.95. The average molecular weight is 294 g/mol. The predicted octanol–water partition coefficient (Wildman–Crippen LogP) is 2.97. The molecule has 0 radical (unpaired) electrons. The zero-order chi connectivity index (χ0) is 15.8. The summed E-state index contributed by atoms with van der Waals surface area (Å²) in [6, 6.07) is 17.0. The third-order valence-corrected chi connectivity index (χ3v) is 2.94. The van der Waals surface area contributed by atoms with Crippen molar-refractivity contribution < 1.29 is 9.59 Å². The third-order valence-electron chi connectivity index (χ3n) is 2.94. The number of amides is 2. The zero-order valence-electron chi connectivity index (χ0n) is 12.4. The Balaban J connectivity index is 1.88. The van der Waals surface area contributed by atoms with Gasteiger partial charge in [0.15, 0.2) is 0 Å². The highest BCUT2D eigenvalue weighted by molar-refractivity contribution is 5.91. The molecule has 0 unspecified atom stereocenters. The number of hydrogen-bond acceptors (Lipinski definition) is 2. The van der Waals surface area contributed by atoms with Gasteiger partial charge in [0.2, 0.25) is 11.8 Å². The van der Waals surface area contributed by atoms with Crippen LogP contribution in [0.15, 0.2) is 60.7 Å². The van der Waals surface area contributed by atoms with Crippen LogP contribution in [0.5, 0.6) is 0 Å². The maximum absolute atomic E-state index is 11.8. The molecular formula is C18H18N2O2. The lowest BCUT2D eigenvalue weighted by Crippen LogP contribution is -2.20. The number of benzene rings is 2. The molecule has 22 heavy (non-hydrogen) atoms. The number of carbonyl (C=O) groups excluding carboxylic acids is 2. The number of nitrogens with one attached hydrogen (secondary N) is 2. The van der Waals surface area contributed by atoms with E-state index in [9.17, 15) is 9.59 Å². The van der Waals surface area contributed by atoms with E-state index in [1.165, 1.54) is 13.0 Å². The van der Waals surface area contributed by atoms with Crippen molar-refractivity contribution in [2.45, 2.75) is 13.5 Å². The number of hydrogen-bond donors (Lipinski definition) is 2. The summed E-state index contributed by atoms with van der Waals surface area (Å²) < 4.78 is 0. The normalized spacial score (nSPS) is 10.4. The quantitative estimate of drug-likeness (QED) is 0.833. The minimum absolute atomic E-state index is 0.119. The molecule has 0 aliphatic carbocycles. The smallest absolute Gasteiger partial charge is 0.244 e. The molecule has 0 fully saturated rings. The highest BCUT2D eigenvalue weighted by Crippen LogP contribution is 2.10. The van der Waals surface area contributed by atoms with Crippen LogP contribution in [0.25, 0.3) is 6.08 Å². The Hall–Kier alpha value is -2.88. The van der Waals surface area contributed by atoms with Crippen LogP contribution in [0, 0.1) is 0 Å². The number of anilines is 1. The van der Waals surface area contributed by atoms with E-state index in [1.807, 2.05) is 54.6 Å². The first-order valence-corrected chi connectivity index (χ1v) is 7.01. The predicted molar refractivity (Wildman–Crippen MR) is 88.1 cm³/mol. The Morgan fingerprint density at radius 1 is 1.05 bits per heavy atom. The van der Waals surface area contributed by atoms with Gasteiger partial charge in [-0.2, -0.15) is 0 Å². The van der Waals surface area contributed by atoms with Gasteiger partial charge in [0.25, 0.3) is 0 Å². The van der Waals surface area contributed by atoms with Gasteiger partial charge < -0.3 is 10.6 Å². The second-order valence-corrected chi connectivity index (χ2v) is 4.84. The van der Waals surface area contributed by atoms with Gasteiger partial charge in [-0.3, -0.25) is 9.59 Å². The van der Waals surface area contributed by atoms with Crippen LogP contribution >= 0.6 is 0 Å². The summed E-state index contributed by atoms with van der Waals surface area (Å²) in [4.78, 5) is 22.8. The molecule has 112 valence electrons. The zero-order valence-corrected chi connectivity index (χ0v) is 12.4. The molecule has 0 heterocycles. The number of carbonyl (C=O) groups is 2. The molecule has 0 saturated carbocycles. The van der Waals surface area contributed by atoms with Gasteiger partial charge in [-0.15, -0.1) is 0 Å². The SMILES string of the molecule is CC(=O)Nc1cccc(CNC(=O)/C=C/c2ccccc2)c1. The first-order chi connectivity index (χ1) is 10.6. The maximum atomic E-state index is 11.8. The molecule has 2 aromatic carbocycles. The largest absolute Gasteiger partial charge is 0.348 e. The molecule has 0 saturated heterocycles. The summed E-state index contributed by atoms with van der Waals surface area (Å²) in [5.74, 6) is -0.277. The standard InChI is InChI=1S/C18H18N2O2/c1-14(21)20-17-9-5-8-16(12-17)13-19-18(22)11-10-15-6-3-2-4-7-15/h2-12H,13H2,1H3,(H,19,22)(H,20,21)/b11-10+. The van der Waals surface area contributed by atoms with Crippen molar-refractivity contribution in [1.29, 1.82) is 0 Å². The summed E-state index contributed by atoms with van der Waals surface area (Å²) in [6.45, 7) is 1.87. The molecule has 2 N–H and O–H groups in total. The first-order valence-electron chi connectivity index (χ1n) is 7.01. The van der Waals surface area contributed by atoms with Crippen LogP contribution in [0.3, 0.4) is 0 Å². The van der Waals surface area contributed by atoms with Crippen molar-refractivity contribution in [2.75, 3.05) is 5.32 Å². The van der Waals surface area contributed by atoms with E-state index < -0.39 is 0 Å². The van der Waals surface area contributed by atoms with Crippen LogP contribution in [0.4, 0.5) is 5.69 Å². The van der Waals surface area contributed by atoms with Crippen LogP contribution in [0.2, 0.25) is 0 Å².